The molecule has 0 saturated heterocycles. The first-order chi connectivity index (χ1) is 15.1. The Balaban J connectivity index is 1.53. The van der Waals surface area contributed by atoms with Gasteiger partial charge in [-0.25, -0.2) is 9.37 Å². The first kappa shape index (κ1) is 23.2. The van der Waals surface area contributed by atoms with E-state index in [1.165, 1.54) is 36.4 Å². The summed E-state index contributed by atoms with van der Waals surface area (Å²) in [5, 5.41) is 7.01. The zero-order valence-electron chi connectivity index (χ0n) is 16.6. The molecule has 2 amide bonds. The lowest BCUT2D eigenvalue weighted by atomic mass is 10.1. The van der Waals surface area contributed by atoms with Gasteiger partial charge < -0.3 is 10.1 Å². The lowest BCUT2D eigenvalue weighted by molar-refractivity contribution is -0.274. The molecule has 2 aromatic carbocycles. The van der Waals surface area contributed by atoms with E-state index in [-0.39, 0.29) is 28.8 Å². The van der Waals surface area contributed by atoms with Crippen LogP contribution in [0.15, 0.2) is 53.9 Å². The van der Waals surface area contributed by atoms with Gasteiger partial charge in [-0.15, -0.1) is 24.5 Å². The number of nitrogens with one attached hydrogen (secondary N) is 2. The highest BCUT2D eigenvalue weighted by Gasteiger charge is 2.31. The van der Waals surface area contributed by atoms with Crippen molar-refractivity contribution in [2.45, 2.75) is 25.7 Å². The molecule has 0 radical (unpaired) electrons. The van der Waals surface area contributed by atoms with Gasteiger partial charge >= 0.3 is 6.36 Å². The number of carbonyl (C=O) groups is 2. The summed E-state index contributed by atoms with van der Waals surface area (Å²) in [7, 11) is 0. The summed E-state index contributed by atoms with van der Waals surface area (Å²) in [5.74, 6) is -2.04. The topological polar surface area (TPSA) is 80.3 Å². The molecule has 1 unspecified atom stereocenters. The van der Waals surface area contributed by atoms with Crippen molar-refractivity contribution in [3.8, 4) is 5.75 Å². The molecular weight excluding hydrogens is 450 g/mol. The van der Waals surface area contributed by atoms with Crippen LogP contribution in [0.1, 0.15) is 34.6 Å². The fraction of sp³-hybridized carbons (Fsp3) is 0.190. The number of hydrogen-bond acceptors (Lipinski definition) is 5. The fourth-order valence-corrected chi connectivity index (χ4v) is 3.46. The molecule has 1 aromatic heterocycles. The Morgan fingerprint density at radius 1 is 1.12 bits per heavy atom. The number of ether oxygens (including phenoxy) is 1. The van der Waals surface area contributed by atoms with Gasteiger partial charge in [-0.2, -0.15) is 0 Å². The van der Waals surface area contributed by atoms with Crippen LogP contribution in [0.4, 0.5) is 22.7 Å². The van der Waals surface area contributed by atoms with Gasteiger partial charge in [0.2, 0.25) is 5.91 Å². The molecule has 6 nitrogen and oxygen atoms in total. The smallest absolute Gasteiger partial charge is 0.406 e. The molecule has 3 rings (SSSR count). The number of benzene rings is 2. The second-order valence-corrected chi connectivity index (χ2v) is 7.52. The summed E-state index contributed by atoms with van der Waals surface area (Å²) in [5.41, 5.74) is 0.865. The summed E-state index contributed by atoms with van der Waals surface area (Å²) in [6, 6.07) is 10.2. The van der Waals surface area contributed by atoms with E-state index in [4.69, 9.17) is 0 Å². The maximum absolute atomic E-state index is 13.7. The third-order valence-electron chi connectivity index (χ3n) is 4.22. The van der Waals surface area contributed by atoms with Gasteiger partial charge in [0.15, 0.2) is 5.13 Å². The van der Waals surface area contributed by atoms with Gasteiger partial charge in [-0.1, -0.05) is 24.3 Å². The summed E-state index contributed by atoms with van der Waals surface area (Å²) >= 11 is 1.09. The molecule has 2 N–H and O–H groups in total. The third-order valence-corrected chi connectivity index (χ3v) is 5.03. The highest BCUT2D eigenvalue weighted by molar-refractivity contribution is 7.14. The normalized spacial score (nSPS) is 12.2. The van der Waals surface area contributed by atoms with Crippen LogP contribution in [0.2, 0.25) is 0 Å². The van der Waals surface area contributed by atoms with Gasteiger partial charge in [-0.3, -0.25) is 14.9 Å². The van der Waals surface area contributed by atoms with E-state index in [0.29, 0.717) is 11.3 Å². The molecule has 0 aliphatic rings. The number of amides is 2. The Kier molecular flexibility index (Phi) is 7.08. The highest BCUT2D eigenvalue weighted by Crippen LogP contribution is 2.24. The summed E-state index contributed by atoms with van der Waals surface area (Å²) < 4.78 is 54.2. The van der Waals surface area contributed by atoms with Gasteiger partial charge in [0.05, 0.1) is 23.7 Å². The van der Waals surface area contributed by atoms with Crippen LogP contribution in [-0.2, 0) is 11.2 Å². The number of hydrogen-bond donors (Lipinski definition) is 2. The number of thiazole rings is 1. The predicted octanol–water partition coefficient (Wildman–Crippen LogP) is 4.85. The number of nitrogens with zero attached hydrogens (tertiary/aromatic N) is 1. The standard InChI is InChI=1S/C21H17F4N3O3S/c1-12(13-6-8-15(9-7-13)31-21(23,24)25)26-18(29)10-14-11-32-20(27-14)28-19(30)16-4-2-3-5-17(16)22/h2-9,11-12H,10H2,1H3,(H,26,29)(H,27,28,30). The van der Waals surface area contributed by atoms with Crippen molar-refractivity contribution in [2.24, 2.45) is 0 Å². The van der Waals surface area contributed by atoms with Gasteiger partial charge in [-0.05, 0) is 36.8 Å². The lowest BCUT2D eigenvalue weighted by Gasteiger charge is -2.15. The van der Waals surface area contributed by atoms with Gasteiger partial charge in [0, 0.05) is 5.38 Å². The molecule has 0 spiro atoms. The molecule has 11 heteroatoms. The molecule has 3 aromatic rings. The molecule has 168 valence electrons. The highest BCUT2D eigenvalue weighted by atomic mass is 32.1. The van der Waals surface area contributed by atoms with Crippen molar-refractivity contribution in [3.05, 3.63) is 76.5 Å². The van der Waals surface area contributed by atoms with Crippen LogP contribution in [0.5, 0.6) is 5.75 Å². The zero-order valence-corrected chi connectivity index (χ0v) is 17.4. The maximum atomic E-state index is 13.7. The van der Waals surface area contributed by atoms with E-state index in [1.807, 2.05) is 0 Å². The van der Waals surface area contributed by atoms with Gasteiger partial charge in [0.1, 0.15) is 11.6 Å². The van der Waals surface area contributed by atoms with Crippen molar-refractivity contribution in [2.75, 3.05) is 5.32 Å². The number of rotatable bonds is 7. The minimum Gasteiger partial charge on any atom is -0.406 e. The van der Waals surface area contributed by atoms with Crippen molar-refractivity contribution in [3.63, 3.8) is 0 Å². The van der Waals surface area contributed by atoms with Crippen molar-refractivity contribution in [1.82, 2.24) is 10.3 Å². The number of carbonyl (C=O) groups excluding carboxylic acids is 2. The fourth-order valence-electron chi connectivity index (χ4n) is 2.75. The van der Waals surface area contributed by atoms with Crippen LogP contribution < -0.4 is 15.4 Å². The largest absolute Gasteiger partial charge is 0.573 e. The van der Waals surface area contributed by atoms with Crippen molar-refractivity contribution >= 4 is 28.3 Å². The molecule has 1 atom stereocenters. The molecular formula is C21H17F4N3O3S. The molecule has 0 aliphatic carbocycles. The molecule has 0 aliphatic heterocycles. The second-order valence-electron chi connectivity index (χ2n) is 6.66. The number of aromatic nitrogens is 1. The molecule has 0 saturated carbocycles. The molecule has 0 bridgehead atoms. The maximum Gasteiger partial charge on any atom is 0.573 e. The lowest BCUT2D eigenvalue weighted by Crippen LogP contribution is -2.28. The predicted molar refractivity (Wildman–Crippen MR) is 110 cm³/mol. The van der Waals surface area contributed by atoms with E-state index in [1.54, 1.807) is 12.3 Å². The summed E-state index contributed by atoms with van der Waals surface area (Å²) in [6.07, 6.45) is -4.85. The van der Waals surface area contributed by atoms with Crippen LogP contribution in [0.25, 0.3) is 0 Å². The van der Waals surface area contributed by atoms with E-state index in [9.17, 15) is 27.2 Å². The van der Waals surface area contributed by atoms with Crippen molar-refractivity contribution < 1.29 is 31.9 Å². The average molecular weight is 467 g/mol. The van der Waals surface area contributed by atoms with Crippen LogP contribution >= 0.6 is 11.3 Å². The second kappa shape index (κ2) is 9.77. The number of alkyl halides is 3. The SMILES string of the molecule is CC(NC(=O)Cc1csc(NC(=O)c2ccccc2F)n1)c1ccc(OC(F)(F)F)cc1. The third kappa shape index (κ3) is 6.51. The van der Waals surface area contributed by atoms with E-state index >= 15 is 0 Å². The molecule has 0 fully saturated rings. The van der Waals surface area contributed by atoms with E-state index < -0.39 is 24.1 Å². The first-order valence-corrected chi connectivity index (χ1v) is 10.1. The van der Waals surface area contributed by atoms with Crippen LogP contribution in [0.3, 0.4) is 0 Å². The summed E-state index contributed by atoms with van der Waals surface area (Å²) in [6.45, 7) is 1.68. The number of halogens is 4. The van der Waals surface area contributed by atoms with Gasteiger partial charge in [0.25, 0.3) is 5.91 Å². The Morgan fingerprint density at radius 3 is 2.47 bits per heavy atom. The quantitative estimate of drug-likeness (QED) is 0.487. The van der Waals surface area contributed by atoms with Crippen LogP contribution in [0, 0.1) is 5.82 Å². The van der Waals surface area contributed by atoms with E-state index in [2.05, 4.69) is 20.4 Å². The Morgan fingerprint density at radius 2 is 1.81 bits per heavy atom. The first-order valence-electron chi connectivity index (χ1n) is 9.26. The Bertz CT molecular complexity index is 1100. The van der Waals surface area contributed by atoms with Crippen molar-refractivity contribution in [1.29, 1.82) is 0 Å². The zero-order chi connectivity index (χ0) is 23.3. The minimum atomic E-state index is -4.78. The Hall–Kier alpha value is -3.47. The monoisotopic (exact) mass is 467 g/mol. The summed E-state index contributed by atoms with van der Waals surface area (Å²) in [4.78, 5) is 28.6. The Labute approximate surface area is 184 Å². The molecule has 32 heavy (non-hydrogen) atoms. The van der Waals surface area contributed by atoms with E-state index in [0.717, 1.165) is 23.5 Å². The molecule has 1 heterocycles. The van der Waals surface area contributed by atoms with Crippen LogP contribution in [-0.4, -0.2) is 23.2 Å². The average Bonchev–Trinajstić information content (AvgIpc) is 3.14. The number of anilines is 1. The minimum absolute atomic E-state index is 0.0777.